The summed E-state index contributed by atoms with van der Waals surface area (Å²) in [5.41, 5.74) is 1.97. The maximum Gasteiger partial charge on any atom is 0.261 e. The van der Waals surface area contributed by atoms with Crippen molar-refractivity contribution in [3.63, 3.8) is 0 Å². The Labute approximate surface area is 135 Å². The van der Waals surface area contributed by atoms with Gasteiger partial charge in [0.2, 0.25) is 0 Å². The van der Waals surface area contributed by atoms with Crippen LogP contribution in [0, 0.1) is 6.92 Å². The maximum absolute atomic E-state index is 12.2. The Morgan fingerprint density at radius 2 is 2.09 bits per heavy atom. The van der Waals surface area contributed by atoms with E-state index in [-0.39, 0.29) is 11.9 Å². The first kappa shape index (κ1) is 16.3. The van der Waals surface area contributed by atoms with E-state index in [1.807, 2.05) is 38.1 Å². The summed E-state index contributed by atoms with van der Waals surface area (Å²) in [6.07, 6.45) is 2.79. The molecule has 0 unspecified atom stereocenters. The van der Waals surface area contributed by atoms with Crippen molar-refractivity contribution in [2.24, 2.45) is 0 Å². The summed E-state index contributed by atoms with van der Waals surface area (Å²) in [5.74, 6) is 0.312. The second kappa shape index (κ2) is 7.27. The number of nitrogens with one attached hydrogen (secondary N) is 1. The van der Waals surface area contributed by atoms with Gasteiger partial charge in [-0.15, -0.1) is 0 Å². The first-order valence-electron chi connectivity index (χ1n) is 7.10. The van der Waals surface area contributed by atoms with E-state index >= 15 is 0 Å². The SMILES string of the molecule is Cc1ccc(Cl)c(O[C@@H](C)C(=O)N[C@@H](C)c2cccnc2)c1. The molecule has 4 nitrogen and oxygen atoms in total. The van der Waals surface area contributed by atoms with Crippen molar-refractivity contribution < 1.29 is 9.53 Å². The van der Waals surface area contributed by atoms with Crippen LogP contribution in [0.1, 0.15) is 31.0 Å². The third-order valence-electron chi connectivity index (χ3n) is 3.30. The number of carbonyl (C=O) groups is 1. The summed E-state index contributed by atoms with van der Waals surface area (Å²) >= 11 is 6.08. The minimum Gasteiger partial charge on any atom is -0.479 e. The second-order valence-corrected chi connectivity index (χ2v) is 5.62. The Balaban J connectivity index is 1.99. The first-order chi connectivity index (χ1) is 10.5. The summed E-state index contributed by atoms with van der Waals surface area (Å²) in [5, 5.41) is 3.39. The molecule has 1 N–H and O–H groups in total. The van der Waals surface area contributed by atoms with Crippen LogP contribution in [-0.4, -0.2) is 17.0 Å². The number of ether oxygens (including phenoxy) is 1. The molecule has 1 amide bonds. The van der Waals surface area contributed by atoms with Gasteiger partial charge in [-0.2, -0.15) is 0 Å². The zero-order valence-corrected chi connectivity index (χ0v) is 13.6. The second-order valence-electron chi connectivity index (χ2n) is 5.21. The van der Waals surface area contributed by atoms with E-state index in [0.717, 1.165) is 11.1 Å². The Morgan fingerprint density at radius 1 is 1.32 bits per heavy atom. The van der Waals surface area contributed by atoms with Gasteiger partial charge in [0.05, 0.1) is 11.1 Å². The van der Waals surface area contributed by atoms with E-state index < -0.39 is 6.10 Å². The van der Waals surface area contributed by atoms with Crippen LogP contribution in [0.25, 0.3) is 0 Å². The molecule has 0 radical (unpaired) electrons. The van der Waals surface area contributed by atoms with Crippen LogP contribution >= 0.6 is 11.6 Å². The van der Waals surface area contributed by atoms with Gasteiger partial charge in [0.1, 0.15) is 5.75 Å². The number of carbonyl (C=O) groups excluding carboxylic acids is 1. The summed E-state index contributed by atoms with van der Waals surface area (Å²) in [7, 11) is 0. The fraction of sp³-hybridized carbons (Fsp3) is 0.294. The molecule has 116 valence electrons. The monoisotopic (exact) mass is 318 g/mol. The summed E-state index contributed by atoms with van der Waals surface area (Å²) in [4.78, 5) is 16.3. The minimum absolute atomic E-state index is 0.139. The molecule has 2 aromatic rings. The van der Waals surface area contributed by atoms with Crippen molar-refractivity contribution in [2.45, 2.75) is 32.9 Å². The van der Waals surface area contributed by atoms with E-state index in [1.165, 1.54) is 0 Å². The van der Waals surface area contributed by atoms with Crippen LogP contribution in [0.3, 0.4) is 0 Å². The van der Waals surface area contributed by atoms with Gasteiger partial charge in [0.25, 0.3) is 5.91 Å². The van der Waals surface area contributed by atoms with E-state index in [9.17, 15) is 4.79 Å². The number of benzene rings is 1. The van der Waals surface area contributed by atoms with Gasteiger partial charge in [-0.25, -0.2) is 0 Å². The third-order valence-corrected chi connectivity index (χ3v) is 3.62. The van der Waals surface area contributed by atoms with Crippen LogP contribution in [0.5, 0.6) is 5.75 Å². The van der Waals surface area contributed by atoms with E-state index in [1.54, 1.807) is 25.4 Å². The van der Waals surface area contributed by atoms with Crippen molar-refractivity contribution in [1.29, 1.82) is 0 Å². The molecule has 1 aromatic carbocycles. The van der Waals surface area contributed by atoms with E-state index in [0.29, 0.717) is 10.8 Å². The molecule has 1 aromatic heterocycles. The Hall–Kier alpha value is -2.07. The quantitative estimate of drug-likeness (QED) is 0.914. The van der Waals surface area contributed by atoms with Crippen molar-refractivity contribution >= 4 is 17.5 Å². The van der Waals surface area contributed by atoms with Gasteiger partial charge >= 0.3 is 0 Å². The highest BCUT2D eigenvalue weighted by Gasteiger charge is 2.18. The number of aromatic nitrogens is 1. The molecule has 0 fully saturated rings. The molecule has 2 rings (SSSR count). The average molecular weight is 319 g/mol. The van der Waals surface area contributed by atoms with Crippen LogP contribution < -0.4 is 10.1 Å². The molecule has 0 aliphatic carbocycles. The normalized spacial score (nSPS) is 13.3. The van der Waals surface area contributed by atoms with Crippen molar-refractivity contribution in [1.82, 2.24) is 10.3 Å². The van der Waals surface area contributed by atoms with Crippen LogP contribution in [0.15, 0.2) is 42.7 Å². The van der Waals surface area contributed by atoms with Crippen molar-refractivity contribution in [3.8, 4) is 5.75 Å². The first-order valence-corrected chi connectivity index (χ1v) is 7.48. The number of aryl methyl sites for hydroxylation is 1. The minimum atomic E-state index is -0.640. The van der Waals surface area contributed by atoms with Gasteiger partial charge in [-0.05, 0) is 50.1 Å². The lowest BCUT2D eigenvalue weighted by Crippen LogP contribution is -2.37. The van der Waals surface area contributed by atoms with Crippen molar-refractivity contribution in [3.05, 3.63) is 58.9 Å². The number of halogens is 1. The van der Waals surface area contributed by atoms with Crippen molar-refractivity contribution in [2.75, 3.05) is 0 Å². The smallest absolute Gasteiger partial charge is 0.261 e. The largest absolute Gasteiger partial charge is 0.479 e. The molecule has 1 heterocycles. The number of nitrogens with zero attached hydrogens (tertiary/aromatic N) is 1. The van der Waals surface area contributed by atoms with Gasteiger partial charge in [0.15, 0.2) is 6.10 Å². The molecule has 0 saturated carbocycles. The molecule has 0 bridgehead atoms. The summed E-state index contributed by atoms with van der Waals surface area (Å²) < 4.78 is 5.66. The highest BCUT2D eigenvalue weighted by Crippen LogP contribution is 2.26. The number of rotatable bonds is 5. The van der Waals surface area contributed by atoms with E-state index in [2.05, 4.69) is 10.3 Å². The number of amides is 1. The zero-order valence-electron chi connectivity index (χ0n) is 12.8. The Morgan fingerprint density at radius 3 is 2.77 bits per heavy atom. The van der Waals surface area contributed by atoms with Gasteiger partial charge < -0.3 is 10.1 Å². The Bertz CT molecular complexity index is 646. The predicted octanol–water partition coefficient (Wildman–Crippen LogP) is 3.69. The topological polar surface area (TPSA) is 51.2 Å². The summed E-state index contributed by atoms with van der Waals surface area (Å²) in [6, 6.07) is 9.09. The van der Waals surface area contributed by atoms with Gasteiger partial charge in [-0.3, -0.25) is 9.78 Å². The average Bonchev–Trinajstić information content (AvgIpc) is 2.51. The lowest BCUT2D eigenvalue weighted by Gasteiger charge is -2.19. The summed E-state index contributed by atoms with van der Waals surface area (Å²) in [6.45, 7) is 5.55. The number of pyridine rings is 1. The fourth-order valence-electron chi connectivity index (χ4n) is 1.99. The zero-order chi connectivity index (χ0) is 16.1. The lowest BCUT2D eigenvalue weighted by atomic mass is 10.1. The standard InChI is InChI=1S/C17H19ClN2O2/c1-11-6-7-15(18)16(9-11)22-13(3)17(21)20-12(2)14-5-4-8-19-10-14/h4-10,12-13H,1-3H3,(H,20,21)/t12-,13-/m0/s1. The molecule has 22 heavy (non-hydrogen) atoms. The highest BCUT2D eigenvalue weighted by atomic mass is 35.5. The number of hydrogen-bond donors (Lipinski definition) is 1. The fourth-order valence-corrected chi connectivity index (χ4v) is 2.15. The Kier molecular flexibility index (Phi) is 5.39. The molecular formula is C17H19ClN2O2. The predicted molar refractivity (Wildman–Crippen MR) is 87.1 cm³/mol. The van der Waals surface area contributed by atoms with Crippen LogP contribution in [0.2, 0.25) is 5.02 Å². The maximum atomic E-state index is 12.2. The lowest BCUT2D eigenvalue weighted by molar-refractivity contribution is -0.127. The van der Waals surface area contributed by atoms with Gasteiger partial charge in [0, 0.05) is 12.4 Å². The molecule has 5 heteroatoms. The molecule has 0 aliphatic heterocycles. The van der Waals surface area contributed by atoms with Gasteiger partial charge in [-0.1, -0.05) is 23.7 Å². The van der Waals surface area contributed by atoms with Crippen LogP contribution in [-0.2, 0) is 4.79 Å². The molecule has 0 spiro atoms. The molecule has 0 aliphatic rings. The van der Waals surface area contributed by atoms with E-state index in [4.69, 9.17) is 16.3 Å². The highest BCUT2D eigenvalue weighted by molar-refractivity contribution is 6.32. The molecule has 2 atom stereocenters. The molecule has 0 saturated heterocycles. The molecular weight excluding hydrogens is 300 g/mol. The third kappa shape index (κ3) is 4.21. The van der Waals surface area contributed by atoms with Crippen LogP contribution in [0.4, 0.5) is 0 Å². The number of hydrogen-bond acceptors (Lipinski definition) is 3.